The van der Waals surface area contributed by atoms with E-state index in [9.17, 15) is 8.42 Å². The monoisotopic (exact) mass is 342 g/mol. The number of aromatic amines is 1. The third-order valence-electron chi connectivity index (χ3n) is 3.04. The summed E-state index contributed by atoms with van der Waals surface area (Å²) in [7, 11) is -2.38. The highest BCUT2D eigenvalue weighted by Crippen LogP contribution is 2.28. The number of aryl methyl sites for hydroxylation is 2. The molecule has 1 heterocycles. The molecule has 7 nitrogen and oxygen atoms in total. The highest BCUT2D eigenvalue weighted by atomic mass is 32.2. The average molecular weight is 342 g/mol. The molecule has 0 aliphatic heterocycles. The standard InChI is InChI=1S/C13H18N4O3S2/c1-5-21-13-14-12(15-16-13)17-22(18,19)11-7-9(3)8(2)6-10(11)20-4/h6-7H,5H2,1-4H3,(H2,14,15,16,17). The summed E-state index contributed by atoms with van der Waals surface area (Å²) >= 11 is 1.42. The van der Waals surface area contributed by atoms with Crippen molar-refractivity contribution in [3.8, 4) is 5.75 Å². The smallest absolute Gasteiger partial charge is 0.267 e. The first-order chi connectivity index (χ1) is 10.4. The van der Waals surface area contributed by atoms with Gasteiger partial charge in [-0.2, -0.15) is 4.98 Å². The number of aromatic nitrogens is 3. The van der Waals surface area contributed by atoms with Crippen LogP contribution >= 0.6 is 11.8 Å². The number of benzene rings is 1. The summed E-state index contributed by atoms with van der Waals surface area (Å²) in [6.07, 6.45) is 0. The van der Waals surface area contributed by atoms with E-state index in [-0.39, 0.29) is 10.8 Å². The van der Waals surface area contributed by atoms with Crippen molar-refractivity contribution in [2.75, 3.05) is 17.6 Å². The van der Waals surface area contributed by atoms with E-state index in [4.69, 9.17) is 4.74 Å². The number of hydrogen-bond acceptors (Lipinski definition) is 6. The second kappa shape index (κ2) is 6.57. The number of sulfonamides is 1. The van der Waals surface area contributed by atoms with Gasteiger partial charge in [-0.25, -0.2) is 18.2 Å². The van der Waals surface area contributed by atoms with Crippen LogP contribution in [0.25, 0.3) is 0 Å². The number of ether oxygens (including phenoxy) is 1. The fraction of sp³-hybridized carbons (Fsp3) is 0.385. The fourth-order valence-corrected chi connectivity index (χ4v) is 3.52. The van der Waals surface area contributed by atoms with E-state index in [1.807, 2.05) is 20.8 Å². The minimum Gasteiger partial charge on any atom is -0.495 e. The number of methoxy groups -OCH3 is 1. The SMILES string of the molecule is CCSc1n[nH]c(NS(=O)(=O)c2cc(C)c(C)cc2OC)n1. The highest BCUT2D eigenvalue weighted by Gasteiger charge is 2.22. The van der Waals surface area contributed by atoms with Gasteiger partial charge in [-0.15, -0.1) is 5.10 Å². The van der Waals surface area contributed by atoms with Crippen molar-refractivity contribution < 1.29 is 13.2 Å². The van der Waals surface area contributed by atoms with Crippen LogP contribution in [0.3, 0.4) is 0 Å². The average Bonchev–Trinajstić information content (AvgIpc) is 2.88. The molecule has 1 aromatic carbocycles. The van der Waals surface area contributed by atoms with Crippen molar-refractivity contribution >= 4 is 27.7 Å². The zero-order valence-electron chi connectivity index (χ0n) is 12.8. The highest BCUT2D eigenvalue weighted by molar-refractivity contribution is 7.99. The minimum absolute atomic E-state index is 0.0687. The molecule has 0 fully saturated rings. The lowest BCUT2D eigenvalue weighted by Crippen LogP contribution is -2.15. The van der Waals surface area contributed by atoms with Gasteiger partial charge in [0.2, 0.25) is 11.1 Å². The molecule has 0 bridgehead atoms. The molecule has 0 spiro atoms. The molecule has 9 heteroatoms. The molecule has 0 saturated carbocycles. The van der Waals surface area contributed by atoms with E-state index in [1.165, 1.54) is 18.9 Å². The number of nitrogens with one attached hydrogen (secondary N) is 2. The van der Waals surface area contributed by atoms with E-state index in [2.05, 4.69) is 19.9 Å². The number of thioether (sulfide) groups is 1. The Balaban J connectivity index is 2.35. The summed E-state index contributed by atoms with van der Waals surface area (Å²) in [4.78, 5) is 4.14. The van der Waals surface area contributed by atoms with Crippen LogP contribution in [-0.4, -0.2) is 36.5 Å². The largest absolute Gasteiger partial charge is 0.495 e. The maximum absolute atomic E-state index is 12.5. The number of nitrogens with zero attached hydrogens (tertiary/aromatic N) is 2. The first kappa shape index (κ1) is 16.6. The number of anilines is 1. The van der Waals surface area contributed by atoms with Gasteiger partial charge >= 0.3 is 0 Å². The van der Waals surface area contributed by atoms with Gasteiger partial charge in [0.05, 0.1) is 7.11 Å². The van der Waals surface area contributed by atoms with Crippen molar-refractivity contribution in [2.45, 2.75) is 30.8 Å². The minimum atomic E-state index is -3.81. The predicted octanol–water partition coefficient (Wildman–Crippen LogP) is 2.34. The second-order valence-corrected chi connectivity index (χ2v) is 7.47. The molecule has 120 valence electrons. The molecule has 0 unspecified atom stereocenters. The van der Waals surface area contributed by atoms with Gasteiger partial charge in [-0.3, -0.25) is 0 Å². The molecule has 0 aliphatic rings. The van der Waals surface area contributed by atoms with Gasteiger partial charge < -0.3 is 4.74 Å². The van der Waals surface area contributed by atoms with Crippen LogP contribution < -0.4 is 9.46 Å². The van der Waals surface area contributed by atoms with Crippen LogP contribution in [0.1, 0.15) is 18.1 Å². The zero-order valence-corrected chi connectivity index (χ0v) is 14.4. The van der Waals surface area contributed by atoms with E-state index < -0.39 is 10.0 Å². The van der Waals surface area contributed by atoms with Crippen molar-refractivity contribution in [3.05, 3.63) is 23.3 Å². The second-order valence-electron chi connectivity index (χ2n) is 4.59. The molecular weight excluding hydrogens is 324 g/mol. The maximum Gasteiger partial charge on any atom is 0.267 e. The molecule has 0 saturated heterocycles. The number of rotatable bonds is 6. The van der Waals surface area contributed by atoms with Crippen LogP contribution in [0.15, 0.2) is 22.2 Å². The van der Waals surface area contributed by atoms with Gasteiger partial charge in [-0.1, -0.05) is 18.7 Å². The molecule has 2 rings (SSSR count). The van der Waals surface area contributed by atoms with E-state index in [0.717, 1.165) is 16.9 Å². The van der Waals surface area contributed by atoms with Gasteiger partial charge in [0, 0.05) is 0 Å². The lowest BCUT2D eigenvalue weighted by atomic mass is 10.1. The lowest BCUT2D eigenvalue weighted by molar-refractivity contribution is 0.402. The van der Waals surface area contributed by atoms with E-state index >= 15 is 0 Å². The van der Waals surface area contributed by atoms with E-state index in [1.54, 1.807) is 12.1 Å². The summed E-state index contributed by atoms with van der Waals surface area (Å²) in [5, 5.41) is 6.99. The molecule has 0 atom stereocenters. The zero-order chi connectivity index (χ0) is 16.3. The summed E-state index contributed by atoms with van der Waals surface area (Å²) in [5.41, 5.74) is 1.82. The maximum atomic E-state index is 12.5. The summed E-state index contributed by atoms with van der Waals surface area (Å²) < 4.78 is 32.6. The topological polar surface area (TPSA) is 97.0 Å². The first-order valence-corrected chi connectivity index (χ1v) is 9.07. The van der Waals surface area contributed by atoms with Gasteiger partial charge in [0.25, 0.3) is 10.0 Å². The van der Waals surface area contributed by atoms with Gasteiger partial charge in [0.15, 0.2) is 0 Å². The Morgan fingerprint density at radius 3 is 2.64 bits per heavy atom. The summed E-state index contributed by atoms with van der Waals surface area (Å²) in [5.74, 6) is 1.17. The Bertz CT molecular complexity index is 772. The Morgan fingerprint density at radius 1 is 1.32 bits per heavy atom. The van der Waals surface area contributed by atoms with Crippen LogP contribution in [-0.2, 0) is 10.0 Å². The third-order valence-corrected chi connectivity index (χ3v) is 5.13. The number of hydrogen-bond donors (Lipinski definition) is 2. The van der Waals surface area contributed by atoms with Gasteiger partial charge in [-0.05, 0) is 42.9 Å². The summed E-state index contributed by atoms with van der Waals surface area (Å²) in [6.45, 7) is 5.70. The van der Waals surface area contributed by atoms with Crippen LogP contribution in [0.4, 0.5) is 5.95 Å². The Morgan fingerprint density at radius 2 is 2.00 bits per heavy atom. The van der Waals surface area contributed by atoms with Crippen LogP contribution in [0.2, 0.25) is 0 Å². The normalized spacial score (nSPS) is 11.5. The quantitative estimate of drug-likeness (QED) is 0.782. The van der Waals surface area contributed by atoms with Crippen LogP contribution in [0, 0.1) is 13.8 Å². The van der Waals surface area contributed by atoms with Crippen LogP contribution in [0.5, 0.6) is 5.75 Å². The molecule has 22 heavy (non-hydrogen) atoms. The van der Waals surface area contributed by atoms with Crippen molar-refractivity contribution in [3.63, 3.8) is 0 Å². The molecule has 0 aliphatic carbocycles. The molecule has 2 aromatic rings. The molecule has 0 amide bonds. The van der Waals surface area contributed by atoms with E-state index in [0.29, 0.717) is 10.9 Å². The Labute approximate surface area is 133 Å². The molecule has 0 radical (unpaired) electrons. The van der Waals surface area contributed by atoms with Crippen molar-refractivity contribution in [2.24, 2.45) is 0 Å². The molecule has 1 aromatic heterocycles. The fourth-order valence-electron chi connectivity index (χ4n) is 1.80. The van der Waals surface area contributed by atoms with Crippen molar-refractivity contribution in [1.82, 2.24) is 15.2 Å². The molecular formula is C13H18N4O3S2. The Hall–Kier alpha value is -1.74. The Kier molecular flexibility index (Phi) is 4.97. The predicted molar refractivity (Wildman–Crippen MR) is 86.1 cm³/mol. The first-order valence-electron chi connectivity index (χ1n) is 6.60. The van der Waals surface area contributed by atoms with Crippen molar-refractivity contribution in [1.29, 1.82) is 0 Å². The summed E-state index contributed by atoms with van der Waals surface area (Å²) in [6, 6.07) is 3.28. The lowest BCUT2D eigenvalue weighted by Gasteiger charge is -2.12. The molecule has 2 N–H and O–H groups in total. The number of H-pyrrole nitrogens is 1. The third kappa shape index (κ3) is 3.53. The van der Waals surface area contributed by atoms with Gasteiger partial charge in [0.1, 0.15) is 10.6 Å².